The number of hydrogen-bond acceptors (Lipinski definition) is 1. The van der Waals surface area contributed by atoms with Crippen LogP contribution in [0.25, 0.3) is 0 Å². The van der Waals surface area contributed by atoms with Crippen molar-refractivity contribution in [1.82, 2.24) is 5.32 Å². The van der Waals surface area contributed by atoms with Crippen LogP contribution in [0, 0.1) is 5.92 Å². The molecule has 0 radical (unpaired) electrons. The Morgan fingerprint density at radius 3 is 2.60 bits per heavy atom. The molecular weight excluding hydrogens is 182 g/mol. The van der Waals surface area contributed by atoms with Crippen molar-refractivity contribution in [2.45, 2.75) is 31.1 Å². The normalized spacial score (nSPS) is 27.9. The molecule has 1 aliphatic carbocycles. The second-order valence-corrected chi connectivity index (χ2v) is 5.21. The summed E-state index contributed by atoms with van der Waals surface area (Å²) < 4.78 is 0. The summed E-state index contributed by atoms with van der Waals surface area (Å²) in [4.78, 5) is 0. The lowest BCUT2D eigenvalue weighted by molar-refractivity contribution is 0.453. The summed E-state index contributed by atoms with van der Waals surface area (Å²) in [5.41, 5.74) is 2.15. The molecular formula is C14H19N. The third kappa shape index (κ3) is 1.81. The third-order valence-corrected chi connectivity index (χ3v) is 4.08. The van der Waals surface area contributed by atoms with Crippen LogP contribution in [0.3, 0.4) is 0 Å². The fourth-order valence-corrected chi connectivity index (χ4v) is 2.99. The Labute approximate surface area is 91.9 Å². The monoisotopic (exact) mass is 201 g/mol. The predicted molar refractivity (Wildman–Crippen MR) is 62.9 cm³/mol. The van der Waals surface area contributed by atoms with E-state index >= 15 is 0 Å². The minimum atomic E-state index is 0.567. The largest absolute Gasteiger partial charge is 0.316 e. The zero-order valence-corrected chi connectivity index (χ0v) is 9.21. The molecule has 80 valence electrons. The van der Waals surface area contributed by atoms with Crippen LogP contribution in [-0.4, -0.2) is 13.1 Å². The maximum Gasteiger partial charge on any atom is -0.00197 e. The Bertz CT molecular complexity index is 320. The molecule has 15 heavy (non-hydrogen) atoms. The smallest absolute Gasteiger partial charge is 0.00197 e. The standard InChI is InChI=1S/C14H19N/c1-2-4-13(5-3-1)14(7-8-14)10-12-6-9-15-11-12/h1-5,12,15H,6-11H2. The summed E-state index contributed by atoms with van der Waals surface area (Å²) in [7, 11) is 0. The Balaban J connectivity index is 1.74. The number of rotatable bonds is 3. The molecule has 2 fully saturated rings. The van der Waals surface area contributed by atoms with Gasteiger partial charge in [-0.15, -0.1) is 0 Å². The average Bonchev–Trinajstić information content (AvgIpc) is 2.88. The fourth-order valence-electron chi connectivity index (χ4n) is 2.99. The van der Waals surface area contributed by atoms with E-state index in [1.807, 2.05) is 0 Å². The molecule has 1 aromatic rings. The summed E-state index contributed by atoms with van der Waals surface area (Å²) in [6.07, 6.45) is 5.61. The van der Waals surface area contributed by atoms with Crippen LogP contribution >= 0.6 is 0 Å². The summed E-state index contributed by atoms with van der Waals surface area (Å²) in [5.74, 6) is 0.924. The minimum Gasteiger partial charge on any atom is -0.316 e. The average molecular weight is 201 g/mol. The van der Waals surface area contributed by atoms with E-state index in [0.29, 0.717) is 5.41 Å². The molecule has 1 saturated carbocycles. The molecule has 1 nitrogen and oxygen atoms in total. The van der Waals surface area contributed by atoms with Crippen molar-refractivity contribution in [1.29, 1.82) is 0 Å². The Kier molecular flexibility index (Phi) is 2.28. The van der Waals surface area contributed by atoms with Gasteiger partial charge in [0.2, 0.25) is 0 Å². The Hall–Kier alpha value is -0.820. The van der Waals surface area contributed by atoms with Gasteiger partial charge in [0.1, 0.15) is 0 Å². The van der Waals surface area contributed by atoms with Crippen LogP contribution in [0.5, 0.6) is 0 Å². The van der Waals surface area contributed by atoms with E-state index in [1.54, 1.807) is 5.56 Å². The molecule has 3 rings (SSSR count). The van der Waals surface area contributed by atoms with Gasteiger partial charge in [-0.05, 0) is 55.7 Å². The minimum absolute atomic E-state index is 0.567. The molecule has 0 aromatic heterocycles. The highest BCUT2D eigenvalue weighted by Crippen LogP contribution is 2.53. The van der Waals surface area contributed by atoms with Crippen LogP contribution in [0.4, 0.5) is 0 Å². The lowest BCUT2D eigenvalue weighted by Crippen LogP contribution is -2.16. The highest BCUT2D eigenvalue weighted by atomic mass is 14.9. The van der Waals surface area contributed by atoms with E-state index in [9.17, 15) is 0 Å². The molecule has 0 bridgehead atoms. The molecule has 1 aliphatic heterocycles. The molecule has 0 spiro atoms. The van der Waals surface area contributed by atoms with E-state index in [2.05, 4.69) is 35.6 Å². The van der Waals surface area contributed by atoms with E-state index in [0.717, 1.165) is 5.92 Å². The van der Waals surface area contributed by atoms with Crippen molar-refractivity contribution in [3.8, 4) is 0 Å². The van der Waals surface area contributed by atoms with E-state index in [1.165, 1.54) is 38.8 Å². The van der Waals surface area contributed by atoms with Gasteiger partial charge in [-0.25, -0.2) is 0 Å². The highest BCUT2D eigenvalue weighted by molar-refractivity contribution is 5.31. The number of hydrogen-bond donors (Lipinski definition) is 1. The quantitative estimate of drug-likeness (QED) is 0.793. The first-order valence-corrected chi connectivity index (χ1v) is 6.15. The lowest BCUT2D eigenvalue weighted by atomic mass is 9.85. The van der Waals surface area contributed by atoms with Gasteiger partial charge < -0.3 is 5.32 Å². The van der Waals surface area contributed by atoms with Crippen LogP contribution in [-0.2, 0) is 5.41 Å². The maximum atomic E-state index is 3.47. The van der Waals surface area contributed by atoms with Crippen molar-refractivity contribution in [2.75, 3.05) is 13.1 Å². The third-order valence-electron chi connectivity index (χ3n) is 4.08. The zero-order chi connectivity index (χ0) is 10.1. The van der Waals surface area contributed by atoms with Gasteiger partial charge in [-0.1, -0.05) is 30.3 Å². The predicted octanol–water partition coefficient (Wildman–Crippen LogP) is 2.72. The van der Waals surface area contributed by atoms with Gasteiger partial charge in [0.25, 0.3) is 0 Å². The molecule has 0 amide bonds. The van der Waals surface area contributed by atoms with E-state index in [4.69, 9.17) is 0 Å². The summed E-state index contributed by atoms with van der Waals surface area (Å²) >= 11 is 0. The van der Waals surface area contributed by atoms with Crippen molar-refractivity contribution in [3.63, 3.8) is 0 Å². The van der Waals surface area contributed by atoms with Gasteiger partial charge in [0, 0.05) is 0 Å². The van der Waals surface area contributed by atoms with Gasteiger partial charge >= 0.3 is 0 Å². The van der Waals surface area contributed by atoms with Gasteiger partial charge in [-0.2, -0.15) is 0 Å². The first kappa shape index (κ1) is 9.41. The summed E-state index contributed by atoms with van der Waals surface area (Å²) in [6, 6.07) is 11.1. The van der Waals surface area contributed by atoms with Crippen LogP contribution < -0.4 is 5.32 Å². The van der Waals surface area contributed by atoms with Gasteiger partial charge in [-0.3, -0.25) is 0 Å². The van der Waals surface area contributed by atoms with Crippen molar-refractivity contribution < 1.29 is 0 Å². The SMILES string of the molecule is c1ccc(C2(CC3CCNC3)CC2)cc1. The van der Waals surface area contributed by atoms with E-state index < -0.39 is 0 Å². The zero-order valence-electron chi connectivity index (χ0n) is 9.21. The molecule has 1 heteroatoms. The molecule has 1 N–H and O–H groups in total. The van der Waals surface area contributed by atoms with E-state index in [-0.39, 0.29) is 0 Å². The van der Waals surface area contributed by atoms with Gasteiger partial charge in [0.15, 0.2) is 0 Å². The molecule has 1 atom stereocenters. The maximum absolute atomic E-state index is 3.47. The molecule has 1 aromatic carbocycles. The highest BCUT2D eigenvalue weighted by Gasteiger charge is 2.45. The summed E-state index contributed by atoms with van der Waals surface area (Å²) in [5, 5.41) is 3.47. The molecule has 1 saturated heterocycles. The first-order chi connectivity index (χ1) is 7.39. The Morgan fingerprint density at radius 2 is 2.00 bits per heavy atom. The van der Waals surface area contributed by atoms with Crippen molar-refractivity contribution in [3.05, 3.63) is 35.9 Å². The fraction of sp³-hybridized carbons (Fsp3) is 0.571. The van der Waals surface area contributed by atoms with Crippen LogP contribution in [0.1, 0.15) is 31.2 Å². The second-order valence-electron chi connectivity index (χ2n) is 5.21. The molecule has 1 unspecified atom stereocenters. The number of nitrogens with one attached hydrogen (secondary N) is 1. The number of benzene rings is 1. The van der Waals surface area contributed by atoms with Crippen molar-refractivity contribution in [2.24, 2.45) is 5.92 Å². The lowest BCUT2D eigenvalue weighted by Gasteiger charge is -2.19. The Morgan fingerprint density at radius 1 is 1.20 bits per heavy atom. The first-order valence-electron chi connectivity index (χ1n) is 6.15. The molecule has 2 aliphatic rings. The molecule has 1 heterocycles. The van der Waals surface area contributed by atoms with Crippen molar-refractivity contribution >= 4 is 0 Å². The second kappa shape index (κ2) is 3.64. The van der Waals surface area contributed by atoms with Gasteiger partial charge in [0.05, 0.1) is 0 Å². The summed E-state index contributed by atoms with van der Waals surface area (Å²) in [6.45, 7) is 2.48. The topological polar surface area (TPSA) is 12.0 Å². The van der Waals surface area contributed by atoms with Crippen LogP contribution in [0.2, 0.25) is 0 Å². The van der Waals surface area contributed by atoms with Crippen LogP contribution in [0.15, 0.2) is 30.3 Å².